The average Bonchev–Trinajstić information content (AvgIpc) is 3.67. The van der Waals surface area contributed by atoms with Crippen LogP contribution in [0.3, 0.4) is 0 Å². The average molecular weight is 544 g/mol. The molecule has 7 aromatic carbocycles. The molecule has 1 aromatic heterocycles. The predicted molar refractivity (Wildman–Crippen MR) is 173 cm³/mol. The molecule has 0 saturated carbocycles. The van der Waals surface area contributed by atoms with Crippen molar-refractivity contribution in [2.75, 3.05) is 0 Å². The second kappa shape index (κ2) is 9.66. The van der Waals surface area contributed by atoms with E-state index in [9.17, 15) is 9.60 Å². The molecule has 41 heavy (non-hydrogen) atoms. The van der Waals surface area contributed by atoms with Gasteiger partial charge in [0.2, 0.25) is 0 Å². The summed E-state index contributed by atoms with van der Waals surface area (Å²) >= 11 is 0. The van der Waals surface area contributed by atoms with Gasteiger partial charge in [-0.2, -0.15) is 0 Å². The molecule has 0 N–H and O–H groups in total. The zero-order valence-corrected chi connectivity index (χ0v) is 20.8. The second-order valence-corrected chi connectivity index (χ2v) is 8.88. The van der Waals surface area contributed by atoms with E-state index in [-0.39, 0.29) is 16.9 Å². The molecule has 0 bridgehead atoms. The van der Waals surface area contributed by atoms with Crippen LogP contribution in [-0.4, -0.2) is 0 Å². The van der Waals surface area contributed by atoms with Crippen LogP contribution in [-0.2, 0) is 0 Å². The molecule has 0 fully saturated rings. The first kappa shape index (κ1) is 10.5. The molecule has 0 amide bonds. The number of hydrogen-bond acceptors (Lipinski definition) is 1. The van der Waals surface area contributed by atoms with Gasteiger partial charge < -0.3 is 4.42 Å². The Balaban J connectivity index is 1.74. The van der Waals surface area contributed by atoms with Gasteiger partial charge in [0.15, 0.2) is 0 Å². The summed E-state index contributed by atoms with van der Waals surface area (Å²) in [6.45, 7) is 0. The lowest BCUT2D eigenvalue weighted by molar-refractivity contribution is 0.632. The maximum Gasteiger partial charge on any atom is 0.143 e. The van der Waals surface area contributed by atoms with Gasteiger partial charge in [-0.3, -0.25) is 0 Å². The van der Waals surface area contributed by atoms with Crippen LogP contribution in [0.1, 0.15) is 28.8 Å². The van der Waals surface area contributed by atoms with E-state index in [1.54, 1.807) is 18.2 Å². The van der Waals surface area contributed by atoms with E-state index in [2.05, 4.69) is 0 Å². The minimum Gasteiger partial charge on any atom is -0.455 e. The highest BCUT2D eigenvalue weighted by Gasteiger charge is 2.24. The van der Waals surface area contributed by atoms with Crippen LogP contribution in [0.2, 0.25) is 0 Å². The Morgan fingerprint density at radius 3 is 1.54 bits per heavy atom. The van der Waals surface area contributed by atoms with Crippen molar-refractivity contribution >= 4 is 32.5 Å². The Labute approximate surface area is 268 Å². The largest absolute Gasteiger partial charge is 0.455 e. The van der Waals surface area contributed by atoms with Crippen molar-refractivity contribution in [3.8, 4) is 44.7 Å². The van der Waals surface area contributed by atoms with Crippen LogP contribution < -0.4 is 0 Å². The summed E-state index contributed by atoms with van der Waals surface area (Å²) in [5.74, 6) is -0.238. The maximum atomic E-state index is 9.50. The van der Waals surface area contributed by atoms with Gasteiger partial charge in [0.25, 0.3) is 0 Å². The van der Waals surface area contributed by atoms with Crippen molar-refractivity contribution in [1.29, 1.82) is 0 Å². The van der Waals surface area contributed by atoms with Crippen LogP contribution >= 0.6 is 0 Å². The van der Waals surface area contributed by atoms with Crippen molar-refractivity contribution in [2.45, 2.75) is 0 Å². The molecule has 8 rings (SSSR count). The molecule has 0 spiro atoms. The molecule has 0 aliphatic rings. The van der Waals surface area contributed by atoms with Crippen LogP contribution in [0.25, 0.3) is 77.2 Å². The number of hydrogen-bond donors (Lipinski definition) is 0. The molecule has 192 valence electrons. The van der Waals surface area contributed by atoms with Gasteiger partial charge in [-0.25, -0.2) is 0 Å². The molecule has 0 radical (unpaired) electrons. The summed E-state index contributed by atoms with van der Waals surface area (Å²) in [5.41, 5.74) is -3.35. The van der Waals surface area contributed by atoms with Gasteiger partial charge in [-0.15, -0.1) is 0 Å². The van der Waals surface area contributed by atoms with E-state index < -0.39 is 187 Å². The fourth-order valence-corrected chi connectivity index (χ4v) is 4.94. The first-order chi connectivity index (χ1) is 29.1. The maximum absolute atomic E-state index is 9.50. The van der Waals surface area contributed by atoms with E-state index in [4.69, 9.17) is 23.6 Å². The van der Waals surface area contributed by atoms with Crippen molar-refractivity contribution in [3.05, 3.63) is 157 Å². The molecule has 1 heterocycles. The highest BCUT2D eigenvalue weighted by molar-refractivity contribution is 6.24. The lowest BCUT2D eigenvalue weighted by Gasteiger charge is -2.18. The van der Waals surface area contributed by atoms with Crippen LogP contribution in [0.15, 0.2) is 162 Å². The van der Waals surface area contributed by atoms with Crippen molar-refractivity contribution in [2.24, 2.45) is 0 Å². The Hall–Kier alpha value is -5.40. The second-order valence-electron chi connectivity index (χ2n) is 8.88. The molecule has 0 aliphatic heterocycles. The Morgan fingerprint density at radius 1 is 0.390 bits per heavy atom. The smallest absolute Gasteiger partial charge is 0.143 e. The predicted octanol–water partition coefficient (Wildman–Crippen LogP) is 11.4. The number of fused-ring (bicyclic) bond motifs is 3. The highest BCUT2D eigenvalue weighted by Crippen LogP contribution is 2.49. The molecule has 0 aliphatic carbocycles. The van der Waals surface area contributed by atoms with Gasteiger partial charge in [0.05, 0.1) is 28.8 Å². The topological polar surface area (TPSA) is 13.1 Å². The Morgan fingerprint density at radius 2 is 0.927 bits per heavy atom. The van der Waals surface area contributed by atoms with E-state index in [1.807, 2.05) is 0 Å². The number of rotatable bonds is 4. The summed E-state index contributed by atoms with van der Waals surface area (Å²) < 4.78 is 192. The van der Waals surface area contributed by atoms with E-state index in [1.165, 1.54) is 12.1 Å². The summed E-state index contributed by atoms with van der Waals surface area (Å²) in [4.78, 5) is 0. The summed E-state index contributed by atoms with van der Waals surface area (Å²) in [5, 5.41) is -2.46. The molecule has 0 saturated heterocycles. The van der Waals surface area contributed by atoms with Crippen LogP contribution in [0.5, 0.6) is 0 Å². The molecule has 8 aromatic rings. The minimum atomic E-state index is -0.853. The number of furan rings is 1. The monoisotopic (exact) mass is 543 g/mol. The van der Waals surface area contributed by atoms with Crippen molar-refractivity contribution in [1.82, 2.24) is 0 Å². The first-order valence-electron chi connectivity index (χ1n) is 22.8. The SMILES string of the molecule is [2H]c1c([2H])c([2H])c(-c2c([2H])c([2H])c3c(-c4c5c([2H])c([2H])c([2H])c([2H])c5c(-c5c([2H])c([2H])c([2H])c([2H])c5[2H])c5c([2H])c([2H])c([2H])c([2H])c45)c(-c4ccccc4)oc3c2[2H])c([2H])c1[2H]. The third-order valence-electron chi connectivity index (χ3n) is 6.62. The normalized spacial score (nSPS) is 18.6. The first-order valence-corrected chi connectivity index (χ1v) is 12.3. The quantitative estimate of drug-likeness (QED) is 0.201. The summed E-state index contributed by atoms with van der Waals surface area (Å²) in [6.07, 6.45) is 0. The molecular weight excluding hydrogens is 496 g/mol. The van der Waals surface area contributed by atoms with Crippen LogP contribution in [0, 0.1) is 0 Å². The van der Waals surface area contributed by atoms with E-state index >= 15 is 0 Å². The third kappa shape index (κ3) is 3.86. The summed E-state index contributed by atoms with van der Waals surface area (Å²) in [6, 6.07) is -9.20. The van der Waals surface area contributed by atoms with E-state index in [0.29, 0.717) is 0 Å². The third-order valence-corrected chi connectivity index (χ3v) is 6.62. The number of benzene rings is 7. The highest BCUT2D eigenvalue weighted by atomic mass is 16.3. The minimum absolute atomic E-state index is 0.200. The lowest BCUT2D eigenvalue weighted by Crippen LogP contribution is -1.91. The Bertz CT molecular complexity index is 3220. The fourth-order valence-electron chi connectivity index (χ4n) is 4.94. The van der Waals surface area contributed by atoms with Gasteiger partial charge in [0, 0.05) is 22.1 Å². The molecule has 0 unspecified atom stereocenters. The van der Waals surface area contributed by atoms with Gasteiger partial charge in [-0.05, 0) is 55.9 Å². The molecule has 1 heteroatoms. The van der Waals surface area contributed by atoms with Crippen LogP contribution in [0.4, 0.5) is 0 Å². The standard InChI is InChI=1S/C40H26O/c1-4-14-27(15-5-1)30-24-25-35-36(26-30)41-40(29-18-8-3-9-19-29)39(35)38-33-22-12-10-20-31(33)37(28-16-6-2-7-17-28)32-21-11-13-23-34(32)38/h1-26H/i1D,2D,4D,5D,6D,7D,10D,11D,12D,13D,14D,15D,16D,17D,20D,21D,22D,23D,24D,25D,26D. The van der Waals surface area contributed by atoms with Gasteiger partial charge in [0.1, 0.15) is 11.3 Å². The van der Waals surface area contributed by atoms with Gasteiger partial charge >= 0.3 is 0 Å². The van der Waals surface area contributed by atoms with Gasteiger partial charge in [-0.1, -0.05) is 145 Å². The van der Waals surface area contributed by atoms with E-state index in [0.717, 1.165) is 0 Å². The molecule has 1 nitrogen and oxygen atoms in total. The Kier molecular flexibility index (Phi) is 2.48. The summed E-state index contributed by atoms with van der Waals surface area (Å²) in [7, 11) is 0. The molecular formula is C40H26O. The van der Waals surface area contributed by atoms with Crippen molar-refractivity contribution in [3.63, 3.8) is 0 Å². The lowest BCUT2D eigenvalue weighted by atomic mass is 9.84. The zero-order valence-electron chi connectivity index (χ0n) is 41.8. The van der Waals surface area contributed by atoms with Crippen molar-refractivity contribution < 1.29 is 33.2 Å². The fraction of sp³-hybridized carbons (Fsp3) is 0. The zero-order chi connectivity index (χ0) is 45.4. The molecule has 0 atom stereocenters.